The highest BCUT2D eigenvalue weighted by Gasteiger charge is 2.27. The number of methoxy groups -OCH3 is 1. The van der Waals surface area contributed by atoms with Gasteiger partial charge in [-0.2, -0.15) is 13.2 Å². The average molecular weight is 467 g/mol. The molecule has 0 radical (unpaired) electrons. The Morgan fingerprint density at radius 2 is 2.03 bits per heavy atom. The first-order chi connectivity index (χ1) is 15.7. The van der Waals surface area contributed by atoms with Gasteiger partial charge in [0.15, 0.2) is 5.82 Å². The Bertz CT molecular complexity index is 1140. The summed E-state index contributed by atoms with van der Waals surface area (Å²) < 4.78 is 48.3. The normalized spacial score (nSPS) is 12.7. The first-order valence-electron chi connectivity index (χ1n) is 10.2. The smallest absolute Gasteiger partial charge is 0.411 e. The average Bonchev–Trinajstić information content (AvgIpc) is 2.80. The number of nitrogens with one attached hydrogen (secondary N) is 1. The van der Waals surface area contributed by atoms with Crippen molar-refractivity contribution in [3.8, 4) is 17.1 Å². The Morgan fingerprint density at radius 1 is 1.24 bits per heavy atom. The summed E-state index contributed by atoms with van der Waals surface area (Å²) in [4.78, 5) is 25.8. The second-order valence-corrected chi connectivity index (χ2v) is 7.18. The van der Waals surface area contributed by atoms with Gasteiger partial charge in [-0.3, -0.25) is 9.78 Å². The van der Waals surface area contributed by atoms with Crippen LogP contribution in [0.3, 0.4) is 0 Å². The maximum Gasteiger partial charge on any atom is 0.411 e. The van der Waals surface area contributed by atoms with E-state index >= 15 is 0 Å². The second kappa shape index (κ2) is 10.6. The third-order valence-electron chi connectivity index (χ3n) is 4.78. The number of aliphatic hydroxyl groups is 1. The van der Waals surface area contributed by atoms with Crippen LogP contribution in [-0.2, 0) is 11.3 Å². The molecular formula is C21H24F3N5O4. The summed E-state index contributed by atoms with van der Waals surface area (Å²) in [6.45, 7) is -0.00276. The predicted molar refractivity (Wildman–Crippen MR) is 115 cm³/mol. The molecule has 178 valence electrons. The minimum Gasteiger partial charge on any atom is -0.481 e. The van der Waals surface area contributed by atoms with E-state index in [0.29, 0.717) is 34.6 Å². The molecule has 0 fully saturated rings. The zero-order valence-corrected chi connectivity index (χ0v) is 18.1. The summed E-state index contributed by atoms with van der Waals surface area (Å²) >= 11 is 0. The number of halogens is 3. The first kappa shape index (κ1) is 24.4. The summed E-state index contributed by atoms with van der Waals surface area (Å²) in [6.07, 6.45) is -1.66. The quantitative estimate of drug-likeness (QED) is 0.438. The fourth-order valence-electron chi connectivity index (χ4n) is 3.00. The fraction of sp³-hybridized carbons (Fsp3) is 0.429. The predicted octanol–water partition coefficient (Wildman–Crippen LogP) is 2.62. The van der Waals surface area contributed by atoms with Crippen LogP contribution >= 0.6 is 0 Å². The molecule has 1 unspecified atom stereocenters. The molecule has 3 rings (SSSR count). The van der Waals surface area contributed by atoms with Gasteiger partial charge in [0.2, 0.25) is 5.88 Å². The number of pyridine rings is 2. The molecule has 0 aliphatic heterocycles. The van der Waals surface area contributed by atoms with Crippen molar-refractivity contribution in [2.24, 2.45) is 0 Å². The molecule has 0 aliphatic rings. The second-order valence-electron chi connectivity index (χ2n) is 7.18. The van der Waals surface area contributed by atoms with Crippen molar-refractivity contribution < 1.29 is 27.8 Å². The monoisotopic (exact) mass is 467 g/mol. The van der Waals surface area contributed by atoms with E-state index in [2.05, 4.69) is 20.3 Å². The van der Waals surface area contributed by atoms with Crippen molar-refractivity contribution >= 4 is 16.9 Å². The number of nitrogens with zero attached hydrogens (tertiary/aromatic N) is 4. The molecule has 3 aromatic heterocycles. The largest absolute Gasteiger partial charge is 0.481 e. The van der Waals surface area contributed by atoms with Crippen molar-refractivity contribution in [3.05, 3.63) is 40.9 Å². The maximum absolute atomic E-state index is 13.0. The minimum atomic E-state index is -4.47. The molecule has 1 atom stereocenters. The number of hydrogen-bond acceptors (Lipinski definition) is 8. The lowest BCUT2D eigenvalue weighted by Crippen LogP contribution is -2.30. The van der Waals surface area contributed by atoms with Crippen molar-refractivity contribution in [1.82, 2.24) is 19.5 Å². The highest BCUT2D eigenvalue weighted by atomic mass is 19.4. The fourth-order valence-corrected chi connectivity index (χ4v) is 3.00. The molecule has 0 saturated heterocycles. The lowest BCUT2D eigenvalue weighted by atomic mass is 10.2. The van der Waals surface area contributed by atoms with Crippen LogP contribution < -0.4 is 15.6 Å². The molecule has 9 nitrogen and oxygen atoms in total. The molecule has 12 heteroatoms. The third-order valence-corrected chi connectivity index (χ3v) is 4.78. The zero-order valence-electron chi connectivity index (χ0n) is 18.1. The standard InChI is InChI=1S/C21H24F3N5O4/c1-3-14(30)10-27-19-20(31)29(6-7-33-12-21(22,23)24)17-8-15(25-11-16(17)28-19)13-4-5-18(32-2)26-9-13/h4-5,8-9,11,14,30H,3,6-7,10,12H2,1-2H3,(H,27,28). The summed E-state index contributed by atoms with van der Waals surface area (Å²) in [7, 11) is 1.49. The number of alkyl halides is 3. The van der Waals surface area contributed by atoms with Crippen molar-refractivity contribution in [2.45, 2.75) is 32.2 Å². The Morgan fingerprint density at radius 3 is 2.67 bits per heavy atom. The highest BCUT2D eigenvalue weighted by molar-refractivity contribution is 5.80. The molecule has 0 bridgehead atoms. The Kier molecular flexibility index (Phi) is 7.82. The Hall–Kier alpha value is -3.25. The van der Waals surface area contributed by atoms with Crippen molar-refractivity contribution in [2.75, 3.05) is 32.2 Å². The third kappa shape index (κ3) is 6.39. The molecule has 0 saturated carbocycles. The minimum absolute atomic E-state index is 0.0357. The summed E-state index contributed by atoms with van der Waals surface area (Å²) in [5, 5.41) is 12.6. The SMILES string of the molecule is CCC(O)CNc1nc2cnc(-c3ccc(OC)nc3)cc2n(CCOCC(F)(F)F)c1=O. The topological polar surface area (TPSA) is 111 Å². The van der Waals surface area contributed by atoms with E-state index in [4.69, 9.17) is 9.47 Å². The Balaban J connectivity index is 1.99. The Labute approximate surface area is 187 Å². The van der Waals surface area contributed by atoms with Crippen molar-refractivity contribution in [3.63, 3.8) is 0 Å². The van der Waals surface area contributed by atoms with Gasteiger partial charge in [-0.1, -0.05) is 6.92 Å². The van der Waals surface area contributed by atoms with E-state index in [0.717, 1.165) is 0 Å². The molecule has 33 heavy (non-hydrogen) atoms. The molecule has 0 amide bonds. The van der Waals surface area contributed by atoms with E-state index in [1.54, 1.807) is 31.3 Å². The molecule has 0 spiro atoms. The molecule has 3 heterocycles. The lowest BCUT2D eigenvalue weighted by molar-refractivity contribution is -0.174. The molecule has 0 aromatic carbocycles. The van der Waals surface area contributed by atoms with Gasteiger partial charge in [0.05, 0.1) is 37.2 Å². The van der Waals surface area contributed by atoms with Gasteiger partial charge in [0.25, 0.3) is 5.56 Å². The van der Waals surface area contributed by atoms with Crippen LogP contribution in [-0.4, -0.2) is 63.8 Å². The van der Waals surface area contributed by atoms with Crippen LogP contribution in [0.2, 0.25) is 0 Å². The lowest BCUT2D eigenvalue weighted by Gasteiger charge is -2.15. The number of aliphatic hydroxyl groups excluding tert-OH is 1. The van der Waals surface area contributed by atoms with Gasteiger partial charge in [-0.05, 0) is 18.6 Å². The van der Waals surface area contributed by atoms with Gasteiger partial charge < -0.3 is 24.5 Å². The summed E-state index contributed by atoms with van der Waals surface area (Å²) in [5.74, 6) is 0.386. The molecule has 2 N–H and O–H groups in total. The van der Waals surface area contributed by atoms with E-state index in [1.165, 1.54) is 17.9 Å². The van der Waals surface area contributed by atoms with E-state index in [-0.39, 0.29) is 25.5 Å². The van der Waals surface area contributed by atoms with E-state index in [9.17, 15) is 23.1 Å². The van der Waals surface area contributed by atoms with E-state index in [1.807, 2.05) is 0 Å². The number of fused-ring (bicyclic) bond motifs is 1. The number of hydrogen-bond donors (Lipinski definition) is 2. The zero-order chi connectivity index (χ0) is 24.0. The van der Waals surface area contributed by atoms with Crippen LogP contribution in [0.4, 0.5) is 19.0 Å². The summed E-state index contributed by atoms with van der Waals surface area (Å²) in [6, 6.07) is 5.01. The van der Waals surface area contributed by atoms with Crippen LogP contribution in [0.25, 0.3) is 22.3 Å². The van der Waals surface area contributed by atoms with Gasteiger partial charge in [-0.15, -0.1) is 0 Å². The van der Waals surface area contributed by atoms with Gasteiger partial charge in [0.1, 0.15) is 12.1 Å². The molecular weight excluding hydrogens is 443 g/mol. The maximum atomic E-state index is 13.0. The molecule has 0 aliphatic carbocycles. The van der Waals surface area contributed by atoms with Crippen LogP contribution in [0.1, 0.15) is 13.3 Å². The summed E-state index contributed by atoms with van der Waals surface area (Å²) in [5.41, 5.74) is 1.32. The van der Waals surface area contributed by atoms with Gasteiger partial charge in [0, 0.05) is 30.9 Å². The van der Waals surface area contributed by atoms with Crippen LogP contribution in [0.5, 0.6) is 5.88 Å². The number of anilines is 1. The number of ether oxygens (including phenoxy) is 2. The van der Waals surface area contributed by atoms with E-state index < -0.39 is 24.4 Å². The molecule has 3 aromatic rings. The number of aromatic nitrogens is 4. The van der Waals surface area contributed by atoms with Gasteiger partial charge >= 0.3 is 6.18 Å². The highest BCUT2D eigenvalue weighted by Crippen LogP contribution is 2.22. The van der Waals surface area contributed by atoms with Crippen LogP contribution in [0.15, 0.2) is 35.4 Å². The first-order valence-corrected chi connectivity index (χ1v) is 10.2. The van der Waals surface area contributed by atoms with Gasteiger partial charge in [-0.25, -0.2) is 9.97 Å². The van der Waals surface area contributed by atoms with Crippen LogP contribution in [0, 0.1) is 0 Å². The number of rotatable bonds is 10. The van der Waals surface area contributed by atoms with Crippen molar-refractivity contribution in [1.29, 1.82) is 0 Å².